The molecule has 1 atom stereocenters. The molecule has 1 aromatic rings. The van der Waals surface area contributed by atoms with Crippen molar-refractivity contribution in [3.05, 3.63) is 29.8 Å². The minimum Gasteiger partial charge on any atom is -0.480 e. The van der Waals surface area contributed by atoms with Crippen LogP contribution < -0.4 is 10.2 Å². The van der Waals surface area contributed by atoms with Crippen molar-refractivity contribution in [3.63, 3.8) is 0 Å². The predicted molar refractivity (Wildman–Crippen MR) is 65.3 cm³/mol. The lowest BCUT2D eigenvalue weighted by Gasteiger charge is -2.17. The van der Waals surface area contributed by atoms with Gasteiger partial charge in [-0.3, -0.25) is 9.59 Å². The molecule has 0 aliphatic heterocycles. The van der Waals surface area contributed by atoms with Gasteiger partial charge in [0.1, 0.15) is 6.04 Å². The monoisotopic (exact) mass is 236 g/mol. The number of amides is 1. The maximum Gasteiger partial charge on any atom is 0.325 e. The highest BCUT2D eigenvalue weighted by Gasteiger charge is 2.17. The Kier molecular flexibility index (Phi) is 4.09. The summed E-state index contributed by atoms with van der Waals surface area (Å²) in [7, 11) is 3.65. The number of anilines is 1. The average Bonchev–Trinajstić information content (AvgIpc) is 2.28. The van der Waals surface area contributed by atoms with Gasteiger partial charge in [-0.2, -0.15) is 0 Å². The molecule has 1 aromatic carbocycles. The molecule has 0 aliphatic carbocycles. The van der Waals surface area contributed by atoms with Crippen LogP contribution in [0.2, 0.25) is 0 Å². The number of carbonyl (C=O) groups is 2. The molecule has 92 valence electrons. The second-order valence-electron chi connectivity index (χ2n) is 3.94. The van der Waals surface area contributed by atoms with E-state index in [-0.39, 0.29) is 5.91 Å². The zero-order valence-corrected chi connectivity index (χ0v) is 10.1. The maximum absolute atomic E-state index is 11.9. The maximum atomic E-state index is 11.9. The van der Waals surface area contributed by atoms with E-state index in [4.69, 9.17) is 5.11 Å². The van der Waals surface area contributed by atoms with Crippen molar-refractivity contribution in [2.24, 2.45) is 0 Å². The summed E-state index contributed by atoms with van der Waals surface area (Å²) in [6.07, 6.45) is 0. The largest absolute Gasteiger partial charge is 0.480 e. The molecule has 0 saturated carbocycles. The lowest BCUT2D eigenvalue weighted by molar-refractivity contribution is -0.138. The molecule has 1 unspecified atom stereocenters. The molecule has 17 heavy (non-hydrogen) atoms. The van der Waals surface area contributed by atoms with E-state index < -0.39 is 12.0 Å². The predicted octanol–water partition coefficient (Wildman–Crippen LogP) is 0.956. The molecular weight excluding hydrogens is 220 g/mol. The van der Waals surface area contributed by atoms with Crippen LogP contribution in [-0.2, 0) is 4.79 Å². The van der Waals surface area contributed by atoms with Gasteiger partial charge in [-0.25, -0.2) is 0 Å². The Morgan fingerprint density at radius 2 is 1.88 bits per heavy atom. The Bertz CT molecular complexity index is 430. The van der Waals surface area contributed by atoms with E-state index in [1.807, 2.05) is 20.2 Å². The third-order valence-corrected chi connectivity index (χ3v) is 2.35. The van der Waals surface area contributed by atoms with Crippen LogP contribution in [0, 0.1) is 0 Å². The highest BCUT2D eigenvalue weighted by Crippen LogP contribution is 2.17. The van der Waals surface area contributed by atoms with Crippen LogP contribution in [0.5, 0.6) is 0 Å². The zero-order chi connectivity index (χ0) is 13.0. The normalized spacial score (nSPS) is 11.7. The summed E-state index contributed by atoms with van der Waals surface area (Å²) in [5, 5.41) is 11.2. The van der Waals surface area contributed by atoms with Crippen LogP contribution in [0.4, 0.5) is 5.69 Å². The van der Waals surface area contributed by atoms with E-state index >= 15 is 0 Å². The molecule has 0 radical (unpaired) electrons. The molecular formula is C12H16N2O3. The van der Waals surface area contributed by atoms with Gasteiger partial charge in [-0.05, 0) is 19.1 Å². The molecule has 0 bridgehead atoms. The number of hydrogen-bond donors (Lipinski definition) is 2. The van der Waals surface area contributed by atoms with Crippen LogP contribution in [0.3, 0.4) is 0 Å². The number of carboxylic acids is 1. The fraction of sp³-hybridized carbons (Fsp3) is 0.333. The fourth-order valence-electron chi connectivity index (χ4n) is 1.39. The molecule has 0 heterocycles. The number of hydrogen-bond acceptors (Lipinski definition) is 3. The number of rotatable bonds is 4. The van der Waals surface area contributed by atoms with Gasteiger partial charge in [0.25, 0.3) is 5.91 Å². The van der Waals surface area contributed by atoms with Crippen LogP contribution in [0.15, 0.2) is 24.3 Å². The summed E-state index contributed by atoms with van der Waals surface area (Å²) in [5.74, 6) is -1.44. The highest BCUT2D eigenvalue weighted by molar-refractivity contribution is 6.01. The topological polar surface area (TPSA) is 69.6 Å². The Hall–Kier alpha value is -2.04. The zero-order valence-electron chi connectivity index (χ0n) is 10.1. The first kappa shape index (κ1) is 13.0. The second-order valence-corrected chi connectivity index (χ2v) is 3.94. The molecule has 0 aliphatic rings. The number of carboxylic acid groups (broad SMARTS) is 1. The second kappa shape index (κ2) is 5.34. The molecule has 0 aromatic heterocycles. The van der Waals surface area contributed by atoms with E-state index in [1.54, 1.807) is 23.1 Å². The van der Waals surface area contributed by atoms with Gasteiger partial charge in [0, 0.05) is 19.8 Å². The van der Waals surface area contributed by atoms with Crippen molar-refractivity contribution in [3.8, 4) is 0 Å². The molecule has 5 nitrogen and oxygen atoms in total. The van der Waals surface area contributed by atoms with Crippen LogP contribution >= 0.6 is 0 Å². The van der Waals surface area contributed by atoms with Gasteiger partial charge in [-0.15, -0.1) is 0 Å². The Morgan fingerprint density at radius 1 is 1.29 bits per heavy atom. The van der Waals surface area contributed by atoms with Crippen molar-refractivity contribution >= 4 is 17.6 Å². The minimum atomic E-state index is -1.05. The number of nitrogens with zero attached hydrogens (tertiary/aromatic N) is 1. The summed E-state index contributed by atoms with van der Waals surface area (Å²) in [6.45, 7) is 1.43. The highest BCUT2D eigenvalue weighted by atomic mass is 16.4. The van der Waals surface area contributed by atoms with Gasteiger partial charge < -0.3 is 15.3 Å². The van der Waals surface area contributed by atoms with Crippen molar-refractivity contribution in [1.82, 2.24) is 5.32 Å². The number of benzene rings is 1. The number of nitrogens with one attached hydrogen (secondary N) is 1. The number of aliphatic carboxylic acids is 1. The van der Waals surface area contributed by atoms with Gasteiger partial charge in [0.05, 0.1) is 5.56 Å². The summed E-state index contributed by atoms with van der Waals surface area (Å²) >= 11 is 0. The van der Waals surface area contributed by atoms with Crippen LogP contribution in [0.25, 0.3) is 0 Å². The molecule has 0 saturated heterocycles. The smallest absolute Gasteiger partial charge is 0.325 e. The lowest BCUT2D eigenvalue weighted by atomic mass is 10.1. The van der Waals surface area contributed by atoms with Crippen molar-refractivity contribution in [2.45, 2.75) is 13.0 Å². The van der Waals surface area contributed by atoms with E-state index in [9.17, 15) is 9.59 Å². The van der Waals surface area contributed by atoms with E-state index in [0.717, 1.165) is 5.69 Å². The third-order valence-electron chi connectivity index (χ3n) is 2.35. The SMILES string of the molecule is CC(NC(=O)c1ccccc1N(C)C)C(=O)O. The van der Waals surface area contributed by atoms with Gasteiger partial charge >= 0.3 is 5.97 Å². The van der Waals surface area contributed by atoms with E-state index in [2.05, 4.69) is 5.32 Å². The van der Waals surface area contributed by atoms with Crippen molar-refractivity contribution < 1.29 is 14.7 Å². The van der Waals surface area contributed by atoms with Crippen molar-refractivity contribution in [1.29, 1.82) is 0 Å². The lowest BCUT2D eigenvalue weighted by Crippen LogP contribution is -2.38. The minimum absolute atomic E-state index is 0.385. The van der Waals surface area contributed by atoms with E-state index in [0.29, 0.717) is 5.56 Å². The Morgan fingerprint density at radius 3 is 2.41 bits per heavy atom. The molecule has 0 fully saturated rings. The average molecular weight is 236 g/mol. The fourth-order valence-corrected chi connectivity index (χ4v) is 1.39. The number of carbonyl (C=O) groups excluding carboxylic acids is 1. The first-order valence-electron chi connectivity index (χ1n) is 5.23. The summed E-state index contributed by atoms with van der Waals surface area (Å²) < 4.78 is 0. The standard InChI is InChI=1S/C12H16N2O3/c1-8(12(16)17)13-11(15)9-6-4-5-7-10(9)14(2)3/h4-8H,1-3H3,(H,13,15)(H,16,17). The quantitative estimate of drug-likeness (QED) is 0.816. The molecule has 0 spiro atoms. The summed E-state index contributed by atoms with van der Waals surface area (Å²) in [5.41, 5.74) is 1.22. The van der Waals surface area contributed by atoms with Gasteiger partial charge in [0.2, 0.25) is 0 Å². The Balaban J connectivity index is 2.93. The number of para-hydroxylation sites is 1. The van der Waals surface area contributed by atoms with E-state index in [1.165, 1.54) is 6.92 Å². The first-order valence-corrected chi connectivity index (χ1v) is 5.23. The van der Waals surface area contributed by atoms with Gasteiger partial charge in [0.15, 0.2) is 0 Å². The van der Waals surface area contributed by atoms with Crippen LogP contribution in [-0.4, -0.2) is 37.1 Å². The Labute approximate surface area is 100 Å². The molecule has 5 heteroatoms. The first-order chi connectivity index (χ1) is 7.93. The van der Waals surface area contributed by atoms with Crippen molar-refractivity contribution in [2.75, 3.05) is 19.0 Å². The summed E-state index contributed by atoms with van der Waals surface area (Å²) in [6, 6.07) is 6.14. The molecule has 2 N–H and O–H groups in total. The summed E-state index contributed by atoms with van der Waals surface area (Å²) in [4.78, 5) is 24.3. The third kappa shape index (κ3) is 3.21. The molecule has 1 rings (SSSR count). The molecule has 1 amide bonds. The van der Waals surface area contributed by atoms with Crippen LogP contribution in [0.1, 0.15) is 17.3 Å². The van der Waals surface area contributed by atoms with Gasteiger partial charge in [-0.1, -0.05) is 12.1 Å².